The third-order valence-corrected chi connectivity index (χ3v) is 1.65. The van der Waals surface area contributed by atoms with Gasteiger partial charge in [-0.3, -0.25) is 9.59 Å². The Bertz CT molecular complexity index is 323. The molecule has 82 valence electrons. The molecule has 15 heavy (non-hydrogen) atoms. The van der Waals surface area contributed by atoms with E-state index in [1.807, 2.05) is 0 Å². The molecule has 0 saturated heterocycles. The molecule has 0 aliphatic heterocycles. The van der Waals surface area contributed by atoms with Gasteiger partial charge in [-0.05, 0) is 18.1 Å². The maximum absolute atomic E-state index is 11.2. The molecule has 1 heterocycles. The van der Waals surface area contributed by atoms with Crippen molar-refractivity contribution < 1.29 is 14.7 Å². The maximum atomic E-state index is 11.2. The minimum atomic E-state index is -0.834. The number of aliphatic carboxylic acids is 1. The maximum Gasteiger partial charge on any atom is 0.303 e. The lowest BCUT2D eigenvalue weighted by Crippen LogP contribution is -2.25. The van der Waals surface area contributed by atoms with E-state index in [4.69, 9.17) is 5.11 Å². The van der Waals surface area contributed by atoms with Crippen molar-refractivity contribution in [3.05, 3.63) is 5.82 Å². The van der Waals surface area contributed by atoms with Gasteiger partial charge in [0.25, 0.3) is 11.7 Å². The molecule has 0 atom stereocenters. The Balaban J connectivity index is 2.10. The molecule has 0 aliphatic carbocycles. The summed E-state index contributed by atoms with van der Waals surface area (Å²) in [4.78, 5) is 21.4. The number of aromatic amines is 1. The Hall–Kier alpha value is -1.99. The first-order chi connectivity index (χ1) is 7.20. The number of carbonyl (C=O) groups excluding carboxylic acids is 1. The number of amides is 1. The number of aromatic nitrogens is 4. The van der Waals surface area contributed by atoms with E-state index in [1.165, 1.54) is 0 Å². The smallest absolute Gasteiger partial charge is 0.303 e. The highest BCUT2D eigenvalue weighted by atomic mass is 16.4. The highest BCUT2D eigenvalue weighted by Gasteiger charge is 2.08. The second kappa shape index (κ2) is 5.68. The number of carboxylic acid groups (broad SMARTS) is 1. The topological polar surface area (TPSA) is 121 Å². The van der Waals surface area contributed by atoms with E-state index in [1.54, 1.807) is 0 Å². The fourth-order valence-corrected chi connectivity index (χ4v) is 0.940. The van der Waals surface area contributed by atoms with Crippen LogP contribution in [0.2, 0.25) is 0 Å². The van der Waals surface area contributed by atoms with Crippen LogP contribution in [0.5, 0.6) is 0 Å². The van der Waals surface area contributed by atoms with E-state index < -0.39 is 11.9 Å². The van der Waals surface area contributed by atoms with Crippen molar-refractivity contribution in [2.45, 2.75) is 19.3 Å². The third kappa shape index (κ3) is 4.16. The number of rotatable bonds is 6. The van der Waals surface area contributed by atoms with Crippen molar-refractivity contribution >= 4 is 11.9 Å². The molecular formula is C7H11N5O3. The summed E-state index contributed by atoms with van der Waals surface area (Å²) >= 11 is 0. The zero-order chi connectivity index (χ0) is 11.1. The zero-order valence-corrected chi connectivity index (χ0v) is 7.93. The van der Waals surface area contributed by atoms with Crippen LogP contribution in [0.15, 0.2) is 0 Å². The van der Waals surface area contributed by atoms with Gasteiger partial charge in [0.1, 0.15) is 0 Å². The number of carbonyl (C=O) groups is 2. The van der Waals surface area contributed by atoms with Crippen LogP contribution in [0, 0.1) is 0 Å². The quantitative estimate of drug-likeness (QED) is 0.531. The Morgan fingerprint density at radius 2 is 2.20 bits per heavy atom. The van der Waals surface area contributed by atoms with Gasteiger partial charge >= 0.3 is 5.97 Å². The second-order valence-corrected chi connectivity index (χ2v) is 2.84. The Labute approximate surface area is 85.1 Å². The number of carboxylic acids is 1. The summed E-state index contributed by atoms with van der Waals surface area (Å²) in [5.74, 6) is -1.27. The summed E-state index contributed by atoms with van der Waals surface area (Å²) in [7, 11) is 0. The van der Waals surface area contributed by atoms with E-state index in [9.17, 15) is 9.59 Å². The standard InChI is InChI=1S/C7H11N5O3/c13-5(14)3-1-2-4-8-7(15)6-9-11-12-10-6/h1-4H2,(H,8,15)(H,13,14)(H,9,10,11,12). The van der Waals surface area contributed by atoms with Crippen LogP contribution in [0.25, 0.3) is 0 Å². The van der Waals surface area contributed by atoms with Crippen LogP contribution >= 0.6 is 0 Å². The molecule has 0 unspecified atom stereocenters. The summed E-state index contributed by atoms with van der Waals surface area (Å²) in [6, 6.07) is 0. The van der Waals surface area contributed by atoms with E-state index >= 15 is 0 Å². The summed E-state index contributed by atoms with van der Waals surface area (Å²) in [6.45, 7) is 0.403. The van der Waals surface area contributed by atoms with Gasteiger partial charge in [-0.2, -0.15) is 5.21 Å². The third-order valence-electron chi connectivity index (χ3n) is 1.65. The van der Waals surface area contributed by atoms with Crippen LogP contribution in [0.4, 0.5) is 0 Å². The normalized spacial score (nSPS) is 9.87. The monoisotopic (exact) mass is 213 g/mol. The molecule has 0 aliphatic rings. The second-order valence-electron chi connectivity index (χ2n) is 2.84. The number of hydrogen-bond donors (Lipinski definition) is 3. The number of hydrogen-bond acceptors (Lipinski definition) is 5. The molecule has 0 spiro atoms. The van der Waals surface area contributed by atoms with Crippen molar-refractivity contribution in [2.24, 2.45) is 0 Å². The van der Waals surface area contributed by atoms with Gasteiger partial charge < -0.3 is 10.4 Å². The van der Waals surface area contributed by atoms with Crippen molar-refractivity contribution in [1.82, 2.24) is 25.9 Å². The predicted molar refractivity (Wildman–Crippen MR) is 48.0 cm³/mol. The fraction of sp³-hybridized carbons (Fsp3) is 0.571. The molecule has 1 amide bonds. The zero-order valence-electron chi connectivity index (χ0n) is 7.93. The Kier molecular flexibility index (Phi) is 4.20. The number of nitrogens with one attached hydrogen (secondary N) is 2. The lowest BCUT2D eigenvalue weighted by atomic mass is 10.2. The van der Waals surface area contributed by atoms with Gasteiger partial charge in [-0.15, -0.1) is 10.2 Å². The van der Waals surface area contributed by atoms with Gasteiger partial charge in [0, 0.05) is 13.0 Å². The molecular weight excluding hydrogens is 202 g/mol. The molecule has 0 radical (unpaired) electrons. The first-order valence-electron chi connectivity index (χ1n) is 4.43. The summed E-state index contributed by atoms with van der Waals surface area (Å²) in [5, 5.41) is 23.3. The Morgan fingerprint density at radius 1 is 1.40 bits per heavy atom. The average molecular weight is 213 g/mol. The lowest BCUT2D eigenvalue weighted by Gasteiger charge is -2.00. The molecule has 1 aromatic heterocycles. The minimum Gasteiger partial charge on any atom is -0.481 e. The van der Waals surface area contributed by atoms with E-state index in [2.05, 4.69) is 25.9 Å². The predicted octanol–water partition coefficient (Wildman–Crippen LogP) is -0.816. The molecule has 0 aromatic carbocycles. The SMILES string of the molecule is O=C(O)CCCCNC(=O)c1nn[nH]n1. The molecule has 3 N–H and O–H groups in total. The van der Waals surface area contributed by atoms with Crippen molar-refractivity contribution in [2.75, 3.05) is 6.54 Å². The molecule has 0 fully saturated rings. The van der Waals surface area contributed by atoms with Crippen LogP contribution in [0.3, 0.4) is 0 Å². The van der Waals surface area contributed by atoms with Gasteiger partial charge in [-0.1, -0.05) is 0 Å². The van der Waals surface area contributed by atoms with Gasteiger partial charge in [0.2, 0.25) is 0 Å². The lowest BCUT2D eigenvalue weighted by molar-refractivity contribution is -0.137. The average Bonchev–Trinajstić information content (AvgIpc) is 2.69. The van der Waals surface area contributed by atoms with Gasteiger partial charge in [0.15, 0.2) is 0 Å². The molecule has 1 rings (SSSR count). The first-order valence-corrected chi connectivity index (χ1v) is 4.43. The number of tetrazole rings is 1. The van der Waals surface area contributed by atoms with Crippen LogP contribution in [-0.4, -0.2) is 44.2 Å². The Morgan fingerprint density at radius 3 is 2.80 bits per heavy atom. The number of H-pyrrole nitrogens is 1. The molecule has 8 heteroatoms. The molecule has 8 nitrogen and oxygen atoms in total. The largest absolute Gasteiger partial charge is 0.481 e. The van der Waals surface area contributed by atoms with Crippen LogP contribution in [0.1, 0.15) is 29.9 Å². The van der Waals surface area contributed by atoms with Crippen molar-refractivity contribution in [3.8, 4) is 0 Å². The van der Waals surface area contributed by atoms with Gasteiger partial charge in [0.05, 0.1) is 0 Å². The van der Waals surface area contributed by atoms with Gasteiger partial charge in [-0.25, -0.2) is 0 Å². The molecule has 1 aromatic rings. The molecule has 0 saturated carbocycles. The first kappa shape index (κ1) is 11.1. The van der Waals surface area contributed by atoms with E-state index in [0.29, 0.717) is 19.4 Å². The van der Waals surface area contributed by atoms with Crippen molar-refractivity contribution in [1.29, 1.82) is 0 Å². The highest BCUT2D eigenvalue weighted by Crippen LogP contribution is 1.93. The minimum absolute atomic E-state index is 0.0202. The summed E-state index contributed by atoms with van der Waals surface area (Å²) in [5.41, 5.74) is 0. The summed E-state index contributed by atoms with van der Waals surface area (Å²) < 4.78 is 0. The van der Waals surface area contributed by atoms with E-state index in [-0.39, 0.29) is 12.2 Å². The molecule has 0 bridgehead atoms. The van der Waals surface area contributed by atoms with Crippen LogP contribution in [-0.2, 0) is 4.79 Å². The van der Waals surface area contributed by atoms with Crippen molar-refractivity contribution in [3.63, 3.8) is 0 Å². The number of nitrogens with zero attached hydrogens (tertiary/aromatic N) is 3. The number of unbranched alkanes of at least 4 members (excludes halogenated alkanes) is 1. The van der Waals surface area contributed by atoms with E-state index in [0.717, 1.165) is 0 Å². The summed E-state index contributed by atoms with van der Waals surface area (Å²) in [6.07, 6.45) is 1.25. The highest BCUT2D eigenvalue weighted by molar-refractivity contribution is 5.89. The fourth-order valence-electron chi connectivity index (χ4n) is 0.940. The van der Waals surface area contributed by atoms with Crippen LogP contribution < -0.4 is 5.32 Å².